The molecule has 0 radical (unpaired) electrons. The van der Waals surface area contributed by atoms with Gasteiger partial charge in [-0.3, -0.25) is 4.90 Å². The van der Waals surface area contributed by atoms with Crippen LogP contribution in [0.3, 0.4) is 0 Å². The van der Waals surface area contributed by atoms with Crippen LogP contribution in [-0.4, -0.2) is 38.7 Å². The van der Waals surface area contributed by atoms with E-state index in [1.54, 1.807) is 18.4 Å². The molecule has 1 aromatic heterocycles. The Hall–Kier alpha value is -2.34. The van der Waals surface area contributed by atoms with Crippen LogP contribution in [-0.2, 0) is 6.54 Å². The van der Waals surface area contributed by atoms with E-state index in [4.69, 9.17) is 9.47 Å². The van der Waals surface area contributed by atoms with Crippen molar-refractivity contribution in [2.24, 2.45) is 0 Å². The quantitative estimate of drug-likeness (QED) is 0.419. The van der Waals surface area contributed by atoms with Gasteiger partial charge >= 0.3 is 0 Å². The van der Waals surface area contributed by atoms with Crippen molar-refractivity contribution < 1.29 is 9.47 Å². The molecule has 4 nitrogen and oxygen atoms in total. The van der Waals surface area contributed by atoms with Crippen LogP contribution in [0, 0.1) is 0 Å². The van der Waals surface area contributed by atoms with Crippen LogP contribution in [0.15, 0.2) is 66.0 Å². The van der Waals surface area contributed by atoms with E-state index in [1.165, 1.54) is 28.8 Å². The van der Waals surface area contributed by atoms with Gasteiger partial charge in [0.1, 0.15) is 17.6 Å². The predicted octanol–water partition coefficient (Wildman–Crippen LogP) is 5.87. The Kier molecular flexibility index (Phi) is 8.21. The molecular weight excluding hydrogens is 416 g/mol. The zero-order valence-electron chi connectivity index (χ0n) is 19.1. The summed E-state index contributed by atoms with van der Waals surface area (Å²) < 4.78 is 12.0. The Morgan fingerprint density at radius 3 is 2.66 bits per heavy atom. The van der Waals surface area contributed by atoms with Crippen molar-refractivity contribution in [3.05, 3.63) is 82.0 Å². The summed E-state index contributed by atoms with van der Waals surface area (Å²) in [6.07, 6.45) is 3.39. The maximum absolute atomic E-state index is 6.58. The minimum absolute atomic E-state index is 0.0856. The second kappa shape index (κ2) is 11.5. The molecule has 5 heteroatoms. The molecule has 1 saturated heterocycles. The van der Waals surface area contributed by atoms with Crippen LogP contribution in [0.1, 0.15) is 47.3 Å². The predicted molar refractivity (Wildman–Crippen MR) is 133 cm³/mol. The van der Waals surface area contributed by atoms with E-state index in [0.29, 0.717) is 5.92 Å². The fourth-order valence-electron chi connectivity index (χ4n) is 4.47. The molecule has 3 aromatic rings. The van der Waals surface area contributed by atoms with Gasteiger partial charge in [0.15, 0.2) is 0 Å². The van der Waals surface area contributed by atoms with Crippen LogP contribution in [0.5, 0.6) is 11.5 Å². The fourth-order valence-corrected chi connectivity index (χ4v) is 5.26. The van der Waals surface area contributed by atoms with E-state index in [2.05, 4.69) is 70.2 Å². The number of methoxy groups -OCH3 is 1. The summed E-state index contributed by atoms with van der Waals surface area (Å²) in [6.45, 7) is 4.07. The fraction of sp³-hybridized carbons (Fsp3) is 0.407. The summed E-state index contributed by atoms with van der Waals surface area (Å²) in [6, 6.07) is 21.4. The standard InChI is InChI=1S/C27H34N2O2S/c1-28-15-12-26(27-11-6-18-32-27)31-25-10-4-3-7-23(25)20-29-16-13-21(14-17-29)22-8-5-9-24(19-22)30-2/h3-11,18-19,21,26,28H,12-17,20H2,1-2H3. The molecule has 0 spiro atoms. The van der Waals surface area contributed by atoms with Gasteiger partial charge in [0, 0.05) is 23.4 Å². The van der Waals surface area contributed by atoms with E-state index in [0.717, 1.165) is 44.1 Å². The molecule has 1 atom stereocenters. The smallest absolute Gasteiger partial charge is 0.134 e. The summed E-state index contributed by atoms with van der Waals surface area (Å²) >= 11 is 1.77. The summed E-state index contributed by atoms with van der Waals surface area (Å²) in [5, 5.41) is 5.39. The maximum atomic E-state index is 6.58. The Morgan fingerprint density at radius 2 is 1.91 bits per heavy atom. The molecule has 1 aliphatic heterocycles. The second-order valence-corrected chi connectivity index (χ2v) is 9.43. The van der Waals surface area contributed by atoms with Gasteiger partial charge in [0.25, 0.3) is 0 Å². The van der Waals surface area contributed by atoms with Crippen LogP contribution >= 0.6 is 11.3 Å². The van der Waals surface area contributed by atoms with Gasteiger partial charge in [-0.05, 0) is 80.7 Å². The molecule has 0 saturated carbocycles. The van der Waals surface area contributed by atoms with Gasteiger partial charge < -0.3 is 14.8 Å². The molecule has 32 heavy (non-hydrogen) atoms. The molecule has 1 aliphatic rings. The number of nitrogens with one attached hydrogen (secondary N) is 1. The van der Waals surface area contributed by atoms with Gasteiger partial charge in [-0.2, -0.15) is 0 Å². The summed E-state index contributed by atoms with van der Waals surface area (Å²) in [5.74, 6) is 2.57. The van der Waals surface area contributed by atoms with Crippen LogP contribution in [0.25, 0.3) is 0 Å². The van der Waals surface area contributed by atoms with E-state index in [1.807, 2.05) is 13.1 Å². The number of thiophene rings is 1. The number of nitrogens with zero attached hydrogens (tertiary/aromatic N) is 1. The van der Waals surface area contributed by atoms with Crippen LogP contribution in [0.4, 0.5) is 0 Å². The van der Waals surface area contributed by atoms with Crippen molar-refractivity contribution >= 4 is 11.3 Å². The number of hydrogen-bond donors (Lipinski definition) is 1. The molecule has 1 unspecified atom stereocenters. The number of likely N-dealkylation sites (tertiary alicyclic amines) is 1. The van der Waals surface area contributed by atoms with E-state index in [9.17, 15) is 0 Å². The third-order valence-electron chi connectivity index (χ3n) is 6.31. The highest BCUT2D eigenvalue weighted by Gasteiger charge is 2.22. The van der Waals surface area contributed by atoms with Gasteiger partial charge in [-0.1, -0.05) is 36.4 Å². The highest BCUT2D eigenvalue weighted by atomic mass is 32.1. The van der Waals surface area contributed by atoms with Crippen molar-refractivity contribution in [3.63, 3.8) is 0 Å². The van der Waals surface area contributed by atoms with Crippen molar-refractivity contribution in [2.75, 3.05) is 33.8 Å². The van der Waals surface area contributed by atoms with Crippen molar-refractivity contribution in [1.82, 2.24) is 10.2 Å². The number of piperidine rings is 1. The minimum Gasteiger partial charge on any atom is -0.497 e. The van der Waals surface area contributed by atoms with Gasteiger partial charge in [0.05, 0.1) is 7.11 Å². The zero-order chi connectivity index (χ0) is 22.2. The Labute approximate surface area is 196 Å². The summed E-state index contributed by atoms with van der Waals surface area (Å²) in [7, 11) is 3.73. The molecule has 2 heterocycles. The molecule has 0 aliphatic carbocycles. The molecule has 1 fully saturated rings. The molecule has 0 amide bonds. The number of rotatable bonds is 10. The average molecular weight is 451 g/mol. The highest BCUT2D eigenvalue weighted by molar-refractivity contribution is 7.10. The highest BCUT2D eigenvalue weighted by Crippen LogP contribution is 2.33. The van der Waals surface area contributed by atoms with Gasteiger partial charge in [0.2, 0.25) is 0 Å². The topological polar surface area (TPSA) is 33.7 Å². The first-order valence-electron chi connectivity index (χ1n) is 11.6. The monoisotopic (exact) mass is 450 g/mol. The normalized spacial score (nSPS) is 16.1. The molecule has 2 aromatic carbocycles. The SMILES string of the molecule is CNCCC(Oc1ccccc1CN1CCC(c2cccc(OC)c2)CC1)c1cccs1. The van der Waals surface area contributed by atoms with Gasteiger partial charge in [-0.15, -0.1) is 11.3 Å². The van der Waals surface area contributed by atoms with E-state index < -0.39 is 0 Å². The first-order valence-corrected chi connectivity index (χ1v) is 12.4. The van der Waals surface area contributed by atoms with Crippen molar-refractivity contribution in [2.45, 2.75) is 37.8 Å². The molecule has 170 valence electrons. The third kappa shape index (κ3) is 5.91. The first-order chi connectivity index (χ1) is 15.8. The molecule has 4 rings (SSSR count). The molecule has 1 N–H and O–H groups in total. The van der Waals surface area contributed by atoms with Crippen molar-refractivity contribution in [1.29, 1.82) is 0 Å². The third-order valence-corrected chi connectivity index (χ3v) is 7.27. The summed E-state index contributed by atoms with van der Waals surface area (Å²) in [4.78, 5) is 3.85. The lowest BCUT2D eigenvalue weighted by Gasteiger charge is -2.33. The molecular formula is C27H34N2O2S. The van der Waals surface area contributed by atoms with Crippen LogP contribution < -0.4 is 14.8 Å². The Morgan fingerprint density at radius 1 is 1.06 bits per heavy atom. The number of ether oxygens (including phenoxy) is 2. The number of hydrogen-bond acceptors (Lipinski definition) is 5. The Bertz CT molecular complexity index is 952. The number of para-hydroxylation sites is 1. The van der Waals surface area contributed by atoms with Crippen LogP contribution in [0.2, 0.25) is 0 Å². The average Bonchev–Trinajstić information content (AvgIpc) is 3.38. The van der Waals surface area contributed by atoms with Crippen molar-refractivity contribution in [3.8, 4) is 11.5 Å². The summed E-state index contributed by atoms with van der Waals surface area (Å²) in [5.41, 5.74) is 2.68. The van der Waals surface area contributed by atoms with Gasteiger partial charge in [-0.25, -0.2) is 0 Å². The number of benzene rings is 2. The second-order valence-electron chi connectivity index (χ2n) is 8.45. The zero-order valence-corrected chi connectivity index (χ0v) is 19.9. The van der Waals surface area contributed by atoms with E-state index >= 15 is 0 Å². The first kappa shape index (κ1) is 22.8. The lowest BCUT2D eigenvalue weighted by molar-refractivity contribution is 0.181. The Balaban J connectivity index is 1.39. The lowest BCUT2D eigenvalue weighted by atomic mass is 9.89. The van der Waals surface area contributed by atoms with E-state index in [-0.39, 0.29) is 6.10 Å². The maximum Gasteiger partial charge on any atom is 0.134 e. The minimum atomic E-state index is 0.0856. The largest absolute Gasteiger partial charge is 0.497 e. The molecule has 0 bridgehead atoms. The lowest BCUT2D eigenvalue weighted by Crippen LogP contribution is -2.32.